The van der Waals surface area contributed by atoms with Gasteiger partial charge in [-0.15, -0.1) is 0 Å². The molecule has 24 aromatic carbocycles. The highest BCUT2D eigenvalue weighted by Crippen LogP contribution is 2.53. The molecule has 0 bridgehead atoms. The second kappa shape index (κ2) is 33.0. The average Bonchev–Trinajstić information content (AvgIpc) is 0.766. The molecule has 0 atom stereocenters. The number of hydrogen-bond acceptors (Lipinski definition) is 3. The van der Waals surface area contributed by atoms with Crippen LogP contribution in [0.15, 0.2) is 511 Å². The summed E-state index contributed by atoms with van der Waals surface area (Å²) >= 11 is 0. The van der Waals surface area contributed by atoms with Gasteiger partial charge in [-0.2, -0.15) is 0 Å². The fourth-order valence-electron chi connectivity index (χ4n) is 21.0. The van der Waals surface area contributed by atoms with Crippen LogP contribution in [0.5, 0.6) is 0 Å². The fourth-order valence-corrected chi connectivity index (χ4v) is 21.0. The molecular weight excluding hydrogens is 1610 g/mol. The van der Waals surface area contributed by atoms with Gasteiger partial charge < -0.3 is 13.3 Å². The van der Waals surface area contributed by atoms with Crippen LogP contribution in [0.25, 0.3) is 264 Å². The van der Waals surface area contributed by atoms with Crippen molar-refractivity contribution in [3.05, 3.63) is 497 Å². The first-order valence-electron chi connectivity index (χ1n) is 47.8. The second-order valence-corrected chi connectivity index (χ2v) is 34.1. The minimum Gasteiger partial charge on any atom is -0.456 e. The average molecular weight is 1700 g/mol. The van der Waals surface area contributed by atoms with E-state index >= 15 is 0 Å². The van der Waals surface area contributed by atoms with Crippen molar-refractivity contribution >= 4 is 141 Å². The zero-order valence-corrected chi connectivity index (χ0v) is 72.2. The summed E-state index contributed by atoms with van der Waals surface area (Å²) < 4.78 is 62.4. The molecule has 0 aliphatic carbocycles. The SMILES string of the molecule is [2H]c1c([2H])c([2H])c(-c2c3ccccc3c(-c3ccc(-c4ccc(-c5ccccc5)c5oc6ccccc6c45)c4ccccc34)c3ccccc23)c([2H])c1[2H].c1ccc(-c2c3ccccc3c(-c3ccc(-c4ccc(-c5ccccc5)c5oc6ccccc6c45)cc3)c3ccccc23)cc1.c1ccc(-c2c3ccccc3c(-c3ccc(-c4cccc5oc6ccccc6c45)cc3)c3ccccc23)cc1. The van der Waals surface area contributed by atoms with E-state index in [1.807, 2.05) is 84.9 Å². The molecule has 133 heavy (non-hydrogen) atoms. The zero-order chi connectivity index (χ0) is 92.2. The Morgan fingerprint density at radius 3 is 0.759 bits per heavy atom. The number of para-hydroxylation sites is 3. The third-order valence-corrected chi connectivity index (χ3v) is 26.7. The quantitative estimate of drug-likeness (QED) is 0.121. The molecule has 27 aromatic rings. The fraction of sp³-hybridized carbons (Fsp3) is 0. The van der Waals surface area contributed by atoms with Crippen molar-refractivity contribution in [2.24, 2.45) is 0 Å². The van der Waals surface area contributed by atoms with Gasteiger partial charge >= 0.3 is 0 Å². The molecule has 0 aliphatic heterocycles. The first-order valence-corrected chi connectivity index (χ1v) is 45.3. The Hall–Kier alpha value is -17.5. The largest absolute Gasteiger partial charge is 0.456 e. The van der Waals surface area contributed by atoms with E-state index < -0.39 is 6.04 Å². The maximum atomic E-state index is 8.93. The van der Waals surface area contributed by atoms with Crippen LogP contribution in [0.1, 0.15) is 6.85 Å². The predicted octanol–water partition coefficient (Wildman–Crippen LogP) is 37.2. The van der Waals surface area contributed by atoms with Crippen molar-refractivity contribution in [1.82, 2.24) is 0 Å². The Bertz CT molecular complexity index is 9360. The molecule has 3 nitrogen and oxygen atoms in total. The van der Waals surface area contributed by atoms with E-state index in [9.17, 15) is 0 Å². The monoisotopic (exact) mass is 1700 g/mol. The number of rotatable bonds is 11. The highest BCUT2D eigenvalue weighted by Gasteiger charge is 2.26. The van der Waals surface area contributed by atoms with E-state index in [-0.39, 0.29) is 29.7 Å². The van der Waals surface area contributed by atoms with E-state index in [0.717, 1.165) is 137 Å². The second-order valence-electron chi connectivity index (χ2n) is 34.1. The summed E-state index contributed by atoms with van der Waals surface area (Å²) in [5.74, 6) is 0. The van der Waals surface area contributed by atoms with E-state index in [1.165, 1.54) is 115 Å². The number of fused-ring (bicyclic) bond motifs is 16. The highest BCUT2D eigenvalue weighted by molar-refractivity contribution is 6.28. The van der Waals surface area contributed by atoms with Crippen LogP contribution < -0.4 is 0 Å². The third kappa shape index (κ3) is 13.3. The molecule has 0 spiro atoms. The smallest absolute Gasteiger partial charge is 0.143 e. The normalized spacial score (nSPS) is 12.1. The van der Waals surface area contributed by atoms with Crippen LogP contribution in [-0.4, -0.2) is 0 Å². The molecule has 3 aromatic heterocycles. The van der Waals surface area contributed by atoms with Gasteiger partial charge in [-0.05, 0) is 223 Å². The lowest BCUT2D eigenvalue weighted by molar-refractivity contribution is 0.669. The Morgan fingerprint density at radius 2 is 0.368 bits per heavy atom. The summed E-state index contributed by atoms with van der Waals surface area (Å²) in [6.07, 6.45) is 0. The van der Waals surface area contributed by atoms with Gasteiger partial charge in [0.2, 0.25) is 0 Å². The summed E-state index contributed by atoms with van der Waals surface area (Å²) in [5, 5.41) is 22.6. The van der Waals surface area contributed by atoms with Crippen LogP contribution in [0, 0.1) is 0 Å². The minimum absolute atomic E-state index is 0.204. The third-order valence-electron chi connectivity index (χ3n) is 26.7. The molecule has 0 radical (unpaired) electrons. The van der Waals surface area contributed by atoms with Crippen LogP contribution in [-0.2, 0) is 0 Å². The summed E-state index contributed by atoms with van der Waals surface area (Å²) in [7, 11) is 0. The van der Waals surface area contributed by atoms with Crippen molar-refractivity contribution in [2.75, 3.05) is 0 Å². The van der Waals surface area contributed by atoms with Gasteiger partial charge in [0.1, 0.15) is 33.5 Å². The topological polar surface area (TPSA) is 39.4 Å². The molecule has 0 amide bonds. The van der Waals surface area contributed by atoms with Crippen molar-refractivity contribution in [3.8, 4) is 122 Å². The molecule has 0 saturated carbocycles. The van der Waals surface area contributed by atoms with E-state index in [1.54, 1.807) is 0 Å². The number of hydrogen-bond donors (Lipinski definition) is 0. The summed E-state index contributed by atoms with van der Waals surface area (Å²) in [6.45, 7) is 0. The molecule has 0 fully saturated rings. The Morgan fingerprint density at radius 1 is 0.128 bits per heavy atom. The summed E-state index contributed by atoms with van der Waals surface area (Å²) in [6, 6.07) is 163. The molecular formula is C130H82O3. The number of furan rings is 3. The lowest BCUT2D eigenvalue weighted by atomic mass is 9.83. The van der Waals surface area contributed by atoms with Gasteiger partial charge in [-0.1, -0.05) is 461 Å². The van der Waals surface area contributed by atoms with Crippen LogP contribution in [0.4, 0.5) is 0 Å². The van der Waals surface area contributed by atoms with E-state index in [0.29, 0.717) is 5.56 Å². The Kier molecular flexibility index (Phi) is 18.0. The lowest BCUT2D eigenvalue weighted by Crippen LogP contribution is -1.92. The van der Waals surface area contributed by atoms with Gasteiger partial charge in [0.05, 0.1) is 6.85 Å². The lowest BCUT2D eigenvalue weighted by Gasteiger charge is -2.20. The zero-order valence-electron chi connectivity index (χ0n) is 77.2. The Labute approximate surface area is 775 Å². The van der Waals surface area contributed by atoms with Gasteiger partial charge in [0.15, 0.2) is 0 Å². The first-order chi connectivity index (χ1) is 68.1. The Balaban J connectivity index is 0.000000111. The van der Waals surface area contributed by atoms with Crippen molar-refractivity contribution in [1.29, 1.82) is 0 Å². The van der Waals surface area contributed by atoms with Crippen LogP contribution >= 0.6 is 0 Å². The van der Waals surface area contributed by atoms with Crippen molar-refractivity contribution in [3.63, 3.8) is 0 Å². The molecule has 0 unspecified atom stereocenters. The molecule has 0 saturated heterocycles. The van der Waals surface area contributed by atoms with Gasteiger partial charge in [0, 0.05) is 43.4 Å². The predicted molar refractivity (Wildman–Crippen MR) is 563 cm³/mol. The molecule has 0 aliphatic rings. The highest BCUT2D eigenvalue weighted by atomic mass is 16.3. The summed E-state index contributed by atoms with van der Waals surface area (Å²) in [5.41, 5.74) is 29.6. The van der Waals surface area contributed by atoms with Crippen LogP contribution in [0.3, 0.4) is 0 Å². The molecule has 0 N–H and O–H groups in total. The van der Waals surface area contributed by atoms with E-state index in [2.05, 4.69) is 382 Å². The van der Waals surface area contributed by atoms with Crippen LogP contribution in [0.2, 0.25) is 0 Å². The standard InChI is InChI=1S/C48H30O.C44H28O.C38H24O/c1-3-15-31(16-4-1)33-27-29-42(47-43-25-13-14-26-44(43)49-48(33)47)36-28-30-41(35-20-8-7-19-34(35)36)46-39-23-11-9-21-37(39)45(32-17-5-2-6-18-32)38-22-10-12-24-40(38)46;1-3-13-29(14-4-1)34-28-27-33(43-39-21-11-12-22-40(39)45-44(34)43)30-23-25-32(26-24-30)42-37-19-9-7-17-35(37)41(31-15-5-2-6-16-31)36-18-8-10-20-38(36)42;1-2-11-26(12-3-1)36-29-13-4-6-15-31(29)37(32-16-7-5-14-30(32)36)27-23-21-25(22-24-27)28-18-10-20-35-38(28)33-17-8-9-19-34(33)39-35/h1-30H;1-28H;1-24H/i2D,5D,6D,17D,18D;;. The van der Waals surface area contributed by atoms with Gasteiger partial charge in [-0.3, -0.25) is 0 Å². The molecule has 27 rings (SSSR count). The molecule has 620 valence electrons. The number of benzene rings is 24. The van der Waals surface area contributed by atoms with E-state index in [4.69, 9.17) is 20.1 Å². The van der Waals surface area contributed by atoms with Crippen molar-refractivity contribution < 1.29 is 20.1 Å². The van der Waals surface area contributed by atoms with Crippen molar-refractivity contribution in [2.45, 2.75) is 0 Å². The summed E-state index contributed by atoms with van der Waals surface area (Å²) in [4.78, 5) is 0. The minimum atomic E-state index is -0.402. The maximum absolute atomic E-state index is 8.93. The first kappa shape index (κ1) is 72.5. The van der Waals surface area contributed by atoms with Gasteiger partial charge in [0.25, 0.3) is 0 Å². The maximum Gasteiger partial charge on any atom is 0.143 e. The van der Waals surface area contributed by atoms with Gasteiger partial charge in [-0.25, -0.2) is 0 Å². The molecule has 3 heteroatoms. The molecule has 3 heterocycles.